The summed E-state index contributed by atoms with van der Waals surface area (Å²) < 4.78 is 33.7. The highest BCUT2D eigenvalue weighted by Crippen LogP contribution is 2.42. The number of hydrogen-bond donors (Lipinski definition) is 1. The molecule has 2 aliphatic rings. The molecule has 1 N–H and O–H groups in total. The van der Waals surface area contributed by atoms with Crippen molar-refractivity contribution in [3.05, 3.63) is 82.5 Å². The largest absolute Gasteiger partial charge is 0.416 e. The summed E-state index contributed by atoms with van der Waals surface area (Å²) in [6, 6.07) is 14.8. The Balaban J connectivity index is 1.46. The van der Waals surface area contributed by atoms with Gasteiger partial charge in [-0.15, -0.1) is 10.2 Å². The summed E-state index contributed by atoms with van der Waals surface area (Å²) in [5, 5.41) is 20.3. The highest BCUT2D eigenvalue weighted by molar-refractivity contribution is 6.30. The van der Waals surface area contributed by atoms with Gasteiger partial charge in [0.1, 0.15) is 29.0 Å². The van der Waals surface area contributed by atoms with Crippen molar-refractivity contribution < 1.29 is 23.1 Å². The average Bonchev–Trinajstić information content (AvgIpc) is 3.45. The zero-order chi connectivity index (χ0) is 29.9. The molecule has 1 amide bonds. The fourth-order valence-electron chi connectivity index (χ4n) is 6.01. The fraction of sp³-hybridized carbons (Fsp3) is 0.367. The highest BCUT2D eigenvalue weighted by Gasteiger charge is 2.57. The quantitative estimate of drug-likeness (QED) is 0.419. The molecule has 2 saturated heterocycles. The molecule has 2 aromatic carbocycles. The lowest BCUT2D eigenvalue weighted by molar-refractivity contribution is -0.134. The second-order valence-electron chi connectivity index (χ2n) is 10.4. The molecule has 218 valence electrons. The fourth-order valence-corrected chi connectivity index (χ4v) is 6.13. The van der Waals surface area contributed by atoms with Gasteiger partial charge in [-0.1, -0.05) is 17.7 Å². The van der Waals surface area contributed by atoms with Crippen molar-refractivity contribution in [1.82, 2.24) is 20.4 Å². The van der Waals surface area contributed by atoms with Gasteiger partial charge < -0.3 is 15.0 Å². The van der Waals surface area contributed by atoms with Crippen molar-refractivity contribution in [2.24, 2.45) is 5.92 Å². The summed E-state index contributed by atoms with van der Waals surface area (Å²) in [7, 11) is 0. The van der Waals surface area contributed by atoms with E-state index in [1.165, 1.54) is 41.3 Å². The van der Waals surface area contributed by atoms with Gasteiger partial charge in [0, 0.05) is 44.6 Å². The number of amides is 1. The lowest BCUT2D eigenvalue weighted by Crippen LogP contribution is -2.64. The number of ketones is 1. The number of halogens is 3. The van der Waals surface area contributed by atoms with Crippen LogP contribution >= 0.6 is 11.6 Å². The van der Waals surface area contributed by atoms with Gasteiger partial charge in [0.05, 0.1) is 5.02 Å². The van der Waals surface area contributed by atoms with Gasteiger partial charge in [-0.25, -0.2) is 13.6 Å². The molecule has 3 heterocycles. The number of hydrogen-bond acceptors (Lipinski definition) is 8. The summed E-state index contributed by atoms with van der Waals surface area (Å²) in [4.78, 5) is 31.7. The molecule has 5 rings (SSSR count). The van der Waals surface area contributed by atoms with E-state index in [1.807, 2.05) is 11.0 Å². The number of carbonyl (C=O) groups excluding carboxylic acids is 2. The second-order valence-corrected chi connectivity index (χ2v) is 10.8. The molecule has 9 nitrogen and oxygen atoms in total. The third kappa shape index (κ3) is 5.65. The molecule has 0 bridgehead atoms. The van der Waals surface area contributed by atoms with Crippen LogP contribution in [0.4, 0.5) is 19.4 Å². The van der Waals surface area contributed by atoms with Crippen LogP contribution in [0.15, 0.2) is 54.6 Å². The lowest BCUT2D eigenvalue weighted by atomic mass is 9.71. The number of carbonyl (C=O) groups is 2. The van der Waals surface area contributed by atoms with Crippen LogP contribution in [-0.4, -0.2) is 65.2 Å². The van der Waals surface area contributed by atoms with Gasteiger partial charge in [0.15, 0.2) is 17.3 Å². The van der Waals surface area contributed by atoms with Gasteiger partial charge in [0.25, 0.3) is 0 Å². The molecule has 0 unspecified atom stereocenters. The standard InChI is InChI=1S/C30H29ClF2N6O3/c1-2-39(29(41)42-23-7-4-21(32)5-8-23)30(18-35-17-24(30)20-3-9-25(31)26(33)15-20)28(40)19-11-13-38(14-12-19)27-10-6-22(16-34)36-37-27/h3-10,15,19,24,35H,2,11-14,17-18H2,1H3/t24-,30+/m0/s1. The van der Waals surface area contributed by atoms with Crippen LogP contribution in [-0.2, 0) is 4.79 Å². The molecular formula is C30H29ClF2N6O3. The lowest BCUT2D eigenvalue weighted by Gasteiger charge is -2.45. The smallest absolute Gasteiger partial charge is 0.410 e. The Morgan fingerprint density at radius 1 is 1.14 bits per heavy atom. The van der Waals surface area contributed by atoms with E-state index in [0.717, 1.165) is 0 Å². The third-order valence-corrected chi connectivity index (χ3v) is 8.39. The van der Waals surface area contributed by atoms with Crippen LogP contribution in [0.1, 0.15) is 36.9 Å². The van der Waals surface area contributed by atoms with E-state index in [-0.39, 0.29) is 35.3 Å². The SMILES string of the molecule is CCN(C(=O)Oc1ccc(F)cc1)[C@]1(C(=O)C2CCN(c3ccc(C#N)nn3)CC2)CNC[C@H]1c1ccc(Cl)c(F)c1. The van der Waals surface area contributed by atoms with Gasteiger partial charge in [-0.05, 0) is 73.9 Å². The molecule has 0 aliphatic carbocycles. The second kappa shape index (κ2) is 12.4. The molecule has 0 radical (unpaired) electrons. The van der Waals surface area contributed by atoms with Gasteiger partial charge in [-0.2, -0.15) is 5.26 Å². The molecule has 12 heteroatoms. The average molecular weight is 595 g/mol. The maximum atomic E-state index is 14.6. The molecule has 2 fully saturated rings. The molecule has 1 aromatic heterocycles. The molecule has 42 heavy (non-hydrogen) atoms. The topological polar surface area (TPSA) is 111 Å². The minimum Gasteiger partial charge on any atom is -0.410 e. The van der Waals surface area contributed by atoms with Crippen molar-refractivity contribution in [2.75, 3.05) is 37.6 Å². The number of nitrogens with zero attached hydrogens (tertiary/aromatic N) is 5. The summed E-state index contributed by atoms with van der Waals surface area (Å²) >= 11 is 5.97. The normalized spacial score (nSPS) is 20.6. The Labute approximate surface area is 247 Å². The summed E-state index contributed by atoms with van der Waals surface area (Å²) in [5.74, 6) is -1.46. The predicted molar refractivity (Wildman–Crippen MR) is 151 cm³/mol. The molecule has 3 aromatic rings. The number of ether oxygens (including phenoxy) is 1. The number of benzene rings is 2. The number of nitriles is 1. The van der Waals surface area contributed by atoms with E-state index in [9.17, 15) is 18.4 Å². The van der Waals surface area contributed by atoms with E-state index in [2.05, 4.69) is 15.5 Å². The molecule has 2 aliphatic heterocycles. The van der Waals surface area contributed by atoms with E-state index in [1.54, 1.807) is 25.1 Å². The summed E-state index contributed by atoms with van der Waals surface area (Å²) in [6.07, 6.45) is 0.231. The zero-order valence-electron chi connectivity index (χ0n) is 22.9. The predicted octanol–water partition coefficient (Wildman–Crippen LogP) is 4.71. The number of anilines is 1. The van der Waals surface area contributed by atoms with Crippen LogP contribution in [0.2, 0.25) is 5.02 Å². The number of nitrogens with one attached hydrogen (secondary N) is 1. The van der Waals surface area contributed by atoms with Crippen molar-refractivity contribution in [1.29, 1.82) is 5.26 Å². The van der Waals surface area contributed by atoms with Crippen molar-refractivity contribution in [3.8, 4) is 11.8 Å². The van der Waals surface area contributed by atoms with Gasteiger partial charge in [-0.3, -0.25) is 9.69 Å². The zero-order valence-corrected chi connectivity index (χ0v) is 23.7. The van der Waals surface area contributed by atoms with Crippen molar-refractivity contribution >= 4 is 29.3 Å². The van der Waals surface area contributed by atoms with Crippen LogP contribution in [0.3, 0.4) is 0 Å². The monoisotopic (exact) mass is 594 g/mol. The van der Waals surface area contributed by atoms with E-state index in [4.69, 9.17) is 21.6 Å². The maximum absolute atomic E-state index is 14.6. The molecule has 0 saturated carbocycles. The number of rotatable bonds is 7. The van der Waals surface area contributed by atoms with Gasteiger partial charge in [0.2, 0.25) is 0 Å². The van der Waals surface area contributed by atoms with Crippen LogP contribution < -0.4 is 15.0 Å². The van der Waals surface area contributed by atoms with E-state index < -0.39 is 35.1 Å². The minimum atomic E-state index is -1.38. The van der Waals surface area contributed by atoms with Gasteiger partial charge >= 0.3 is 6.09 Å². The van der Waals surface area contributed by atoms with E-state index >= 15 is 0 Å². The Kier molecular flexibility index (Phi) is 8.66. The first kappa shape index (κ1) is 29.4. The van der Waals surface area contributed by atoms with Crippen LogP contribution in [0.25, 0.3) is 0 Å². The highest BCUT2D eigenvalue weighted by atomic mass is 35.5. The first-order valence-corrected chi connectivity index (χ1v) is 14.1. The molecule has 2 atom stereocenters. The molecular weight excluding hydrogens is 566 g/mol. The maximum Gasteiger partial charge on any atom is 0.416 e. The minimum absolute atomic E-state index is 0.0389. The Hall–Kier alpha value is -4.14. The van der Waals surface area contributed by atoms with Crippen molar-refractivity contribution in [3.63, 3.8) is 0 Å². The number of likely N-dealkylation sites (N-methyl/N-ethyl adjacent to an activating group) is 1. The molecule has 0 spiro atoms. The first-order chi connectivity index (χ1) is 20.3. The number of aromatic nitrogens is 2. The summed E-state index contributed by atoms with van der Waals surface area (Å²) in [5.41, 5.74) is -0.627. The summed E-state index contributed by atoms with van der Waals surface area (Å²) in [6.45, 7) is 3.41. The first-order valence-electron chi connectivity index (χ1n) is 13.7. The third-order valence-electron chi connectivity index (χ3n) is 8.08. The van der Waals surface area contributed by atoms with E-state index in [0.29, 0.717) is 43.9 Å². The Morgan fingerprint density at radius 2 is 1.88 bits per heavy atom. The number of Topliss-reactive ketones (excluding diaryl/α,β-unsaturated/α-hetero) is 1. The Morgan fingerprint density at radius 3 is 2.50 bits per heavy atom. The van der Waals surface area contributed by atoms with Crippen LogP contribution in [0.5, 0.6) is 5.75 Å². The van der Waals surface area contributed by atoms with Crippen LogP contribution in [0, 0.1) is 28.9 Å². The van der Waals surface area contributed by atoms with Crippen molar-refractivity contribution in [2.45, 2.75) is 31.2 Å². The Bertz CT molecular complexity index is 1490. The number of piperidine rings is 1.